The van der Waals surface area contributed by atoms with E-state index in [0.717, 1.165) is 12.1 Å². The maximum absolute atomic E-state index is 13.6. The summed E-state index contributed by atoms with van der Waals surface area (Å²) in [5.74, 6) is 0.615. The van der Waals surface area contributed by atoms with Gasteiger partial charge in [0.1, 0.15) is 11.6 Å². The Kier molecular flexibility index (Phi) is 4.15. The van der Waals surface area contributed by atoms with Gasteiger partial charge in [0.25, 0.3) is 0 Å². The lowest BCUT2D eigenvalue weighted by Crippen LogP contribution is -2.16. The summed E-state index contributed by atoms with van der Waals surface area (Å²) in [5.41, 5.74) is 2.27. The van der Waals surface area contributed by atoms with Crippen molar-refractivity contribution in [3.05, 3.63) is 54.6 Å². The van der Waals surface area contributed by atoms with Gasteiger partial charge in [0.15, 0.2) is 0 Å². The topological polar surface area (TPSA) is 68.2 Å². The zero-order valence-corrected chi connectivity index (χ0v) is 13.6. The number of dihydropyridines is 1. The van der Waals surface area contributed by atoms with E-state index in [2.05, 4.69) is 21.0 Å². The predicted octanol–water partition coefficient (Wildman–Crippen LogP) is 2.15. The zero-order valence-electron chi connectivity index (χ0n) is 13.6. The first-order valence-electron chi connectivity index (χ1n) is 8.19. The summed E-state index contributed by atoms with van der Waals surface area (Å²) in [6, 6.07) is 4.50. The molecule has 0 saturated heterocycles. The third kappa shape index (κ3) is 3.10. The highest BCUT2D eigenvalue weighted by atomic mass is 19.1. The van der Waals surface area contributed by atoms with Crippen LogP contribution in [-0.2, 0) is 13.1 Å². The molecule has 3 heterocycles. The molecule has 1 unspecified atom stereocenters. The third-order valence-corrected chi connectivity index (χ3v) is 4.28. The Morgan fingerprint density at radius 1 is 1.32 bits per heavy atom. The van der Waals surface area contributed by atoms with Crippen LogP contribution in [-0.4, -0.2) is 43.6 Å². The molecule has 0 bridgehead atoms. The highest BCUT2D eigenvalue weighted by Crippen LogP contribution is 2.25. The Morgan fingerprint density at radius 2 is 2.24 bits per heavy atom. The minimum Gasteiger partial charge on any atom is -0.395 e. The van der Waals surface area contributed by atoms with Crippen molar-refractivity contribution in [2.45, 2.75) is 13.1 Å². The second-order valence-corrected chi connectivity index (χ2v) is 6.08. The molecule has 0 fully saturated rings. The van der Waals surface area contributed by atoms with Gasteiger partial charge in [-0.05, 0) is 18.2 Å². The van der Waals surface area contributed by atoms with E-state index in [9.17, 15) is 9.50 Å². The molecule has 128 valence electrons. The quantitative estimate of drug-likeness (QED) is 0.774. The van der Waals surface area contributed by atoms with E-state index in [1.54, 1.807) is 24.8 Å². The molecule has 1 atom stereocenters. The van der Waals surface area contributed by atoms with E-state index in [1.807, 2.05) is 15.3 Å². The molecule has 0 saturated carbocycles. The zero-order chi connectivity index (χ0) is 17.2. The third-order valence-electron chi connectivity index (χ3n) is 4.28. The lowest BCUT2D eigenvalue weighted by Gasteiger charge is -2.17. The van der Waals surface area contributed by atoms with Crippen molar-refractivity contribution >= 4 is 22.8 Å². The average molecular weight is 339 g/mol. The Morgan fingerprint density at radius 3 is 3.04 bits per heavy atom. The molecule has 0 aliphatic carbocycles. The van der Waals surface area contributed by atoms with Crippen LogP contribution in [0.2, 0.25) is 0 Å². The number of benzene rings is 1. The van der Waals surface area contributed by atoms with E-state index < -0.39 is 0 Å². The van der Waals surface area contributed by atoms with Crippen LogP contribution in [0.4, 0.5) is 4.39 Å². The Bertz CT molecular complexity index is 942. The van der Waals surface area contributed by atoms with Crippen molar-refractivity contribution in [3.8, 4) is 0 Å². The fourth-order valence-electron chi connectivity index (χ4n) is 3.19. The van der Waals surface area contributed by atoms with Gasteiger partial charge in [0.05, 0.1) is 24.0 Å². The highest BCUT2D eigenvalue weighted by Gasteiger charge is 2.18. The molecule has 4 rings (SSSR count). The minimum absolute atomic E-state index is 0.0438. The highest BCUT2D eigenvalue weighted by molar-refractivity contribution is 6.10. The molecule has 0 amide bonds. The molecule has 0 radical (unpaired) electrons. The van der Waals surface area contributed by atoms with Crippen molar-refractivity contribution in [1.29, 1.82) is 0 Å². The van der Waals surface area contributed by atoms with Crippen molar-refractivity contribution in [2.75, 3.05) is 13.2 Å². The molecular formula is C18H18FN5O. The summed E-state index contributed by atoms with van der Waals surface area (Å²) in [4.78, 5) is 13.2. The lowest BCUT2D eigenvalue weighted by atomic mass is 10.0. The Balaban J connectivity index is 1.73. The van der Waals surface area contributed by atoms with Gasteiger partial charge in [0, 0.05) is 49.7 Å². The summed E-state index contributed by atoms with van der Waals surface area (Å²) >= 11 is 0. The molecular weight excluding hydrogens is 321 g/mol. The van der Waals surface area contributed by atoms with Crippen LogP contribution >= 0.6 is 0 Å². The van der Waals surface area contributed by atoms with Crippen LogP contribution in [0.5, 0.6) is 0 Å². The number of nitrogens with zero attached hydrogens (tertiary/aromatic N) is 5. The molecule has 6 nitrogen and oxygen atoms in total. The number of imidazole rings is 2. The maximum atomic E-state index is 13.6. The fourth-order valence-corrected chi connectivity index (χ4v) is 3.19. The number of rotatable bonds is 5. The van der Waals surface area contributed by atoms with Gasteiger partial charge in [-0.3, -0.25) is 4.99 Å². The van der Waals surface area contributed by atoms with E-state index >= 15 is 0 Å². The second kappa shape index (κ2) is 6.60. The monoisotopic (exact) mass is 339 g/mol. The van der Waals surface area contributed by atoms with Gasteiger partial charge < -0.3 is 14.2 Å². The summed E-state index contributed by atoms with van der Waals surface area (Å²) < 4.78 is 17.5. The first-order valence-corrected chi connectivity index (χ1v) is 8.19. The lowest BCUT2D eigenvalue weighted by molar-refractivity contribution is 0.277. The van der Waals surface area contributed by atoms with E-state index in [4.69, 9.17) is 0 Å². The number of hydrogen-bond donors (Lipinski definition) is 1. The van der Waals surface area contributed by atoms with Gasteiger partial charge in [-0.1, -0.05) is 6.08 Å². The summed E-state index contributed by atoms with van der Waals surface area (Å²) in [5, 5.41) is 9.41. The fraction of sp³-hybridized carbons (Fsp3) is 0.278. The van der Waals surface area contributed by atoms with Gasteiger partial charge >= 0.3 is 0 Å². The summed E-state index contributed by atoms with van der Waals surface area (Å²) in [6.07, 6.45) is 9.41. The molecule has 2 aromatic heterocycles. The van der Waals surface area contributed by atoms with Crippen LogP contribution in [0.15, 0.2) is 48.0 Å². The molecule has 3 aromatic rings. The smallest absolute Gasteiger partial charge is 0.142 e. The molecule has 1 aliphatic heterocycles. The molecule has 0 spiro atoms. The number of allylic oxidation sites excluding steroid dienone is 1. The van der Waals surface area contributed by atoms with Gasteiger partial charge in [-0.2, -0.15) is 0 Å². The van der Waals surface area contributed by atoms with Crippen molar-refractivity contribution in [3.63, 3.8) is 0 Å². The molecule has 1 N–H and O–H groups in total. The van der Waals surface area contributed by atoms with Crippen molar-refractivity contribution in [1.82, 2.24) is 19.1 Å². The van der Waals surface area contributed by atoms with E-state index in [1.165, 1.54) is 12.1 Å². The van der Waals surface area contributed by atoms with Crippen LogP contribution in [0, 0.1) is 11.7 Å². The summed E-state index contributed by atoms with van der Waals surface area (Å²) in [7, 11) is 0. The standard InChI is InChI=1S/C18H18FN5O/c19-15-1-2-16-17(8-15)24(5-6-25)18(22-16)14-7-13(9-21-10-14)11-23-4-3-20-12-23/h1-4,7-8,10,12-13,25H,5-6,9,11H2. The van der Waals surface area contributed by atoms with Crippen LogP contribution in [0.1, 0.15) is 5.82 Å². The van der Waals surface area contributed by atoms with Crippen molar-refractivity contribution < 1.29 is 9.50 Å². The molecule has 7 heteroatoms. The largest absolute Gasteiger partial charge is 0.395 e. The number of hydrogen-bond acceptors (Lipinski definition) is 4. The van der Waals surface area contributed by atoms with E-state index in [0.29, 0.717) is 29.9 Å². The number of aliphatic hydroxyl groups is 1. The SMILES string of the molecule is OCCn1c(C2=CC(Cn3ccnc3)CN=C2)nc2ccc(F)cc21. The maximum Gasteiger partial charge on any atom is 0.142 e. The second-order valence-electron chi connectivity index (χ2n) is 6.08. The van der Waals surface area contributed by atoms with Crippen LogP contribution in [0.3, 0.4) is 0 Å². The van der Waals surface area contributed by atoms with Gasteiger partial charge in [0.2, 0.25) is 0 Å². The normalized spacial score (nSPS) is 17.2. The van der Waals surface area contributed by atoms with Crippen molar-refractivity contribution in [2.24, 2.45) is 10.9 Å². The average Bonchev–Trinajstić information content (AvgIpc) is 3.24. The molecule has 1 aromatic carbocycles. The number of aliphatic imine (C=N–C) groups is 1. The molecule has 25 heavy (non-hydrogen) atoms. The van der Waals surface area contributed by atoms with Gasteiger partial charge in [-0.15, -0.1) is 0 Å². The minimum atomic E-state index is -0.317. The van der Waals surface area contributed by atoms with Crippen LogP contribution in [0.25, 0.3) is 16.6 Å². The number of halogens is 1. The first kappa shape index (κ1) is 15.7. The van der Waals surface area contributed by atoms with Crippen LogP contribution < -0.4 is 0 Å². The number of fused-ring (bicyclic) bond motifs is 1. The van der Waals surface area contributed by atoms with E-state index in [-0.39, 0.29) is 18.3 Å². The number of aromatic nitrogens is 4. The summed E-state index contributed by atoms with van der Waals surface area (Å²) in [6.45, 7) is 1.80. The Labute approximate surface area is 144 Å². The first-order chi connectivity index (χ1) is 12.2. The molecule has 1 aliphatic rings. The Hall–Kier alpha value is -2.80. The van der Waals surface area contributed by atoms with Gasteiger partial charge in [-0.25, -0.2) is 14.4 Å². The predicted molar refractivity (Wildman–Crippen MR) is 93.8 cm³/mol. The number of aliphatic hydroxyl groups excluding tert-OH is 1.